The van der Waals surface area contributed by atoms with Gasteiger partial charge in [0.1, 0.15) is 24.0 Å². The number of carbonyl (C=O) groups excluding carboxylic acids is 1. The second-order valence-electron chi connectivity index (χ2n) is 6.74. The lowest BCUT2D eigenvalue weighted by Gasteiger charge is -2.10. The van der Waals surface area contributed by atoms with Gasteiger partial charge in [0.2, 0.25) is 0 Å². The van der Waals surface area contributed by atoms with E-state index in [1.807, 2.05) is 36.5 Å². The topological polar surface area (TPSA) is 106 Å². The predicted molar refractivity (Wildman–Crippen MR) is 113 cm³/mol. The van der Waals surface area contributed by atoms with Crippen LogP contribution in [0.1, 0.15) is 28.5 Å². The van der Waals surface area contributed by atoms with E-state index < -0.39 is 5.91 Å². The van der Waals surface area contributed by atoms with Crippen molar-refractivity contribution in [2.75, 3.05) is 11.9 Å². The average Bonchev–Trinajstić information content (AvgIpc) is 3.36. The molecule has 9 heteroatoms. The lowest BCUT2D eigenvalue weighted by Crippen LogP contribution is -2.19. The second-order valence-corrected chi connectivity index (χ2v) is 6.74. The van der Waals surface area contributed by atoms with E-state index in [0.29, 0.717) is 34.8 Å². The Morgan fingerprint density at radius 3 is 2.77 bits per heavy atom. The molecule has 156 valence electrons. The lowest BCUT2D eigenvalue weighted by molar-refractivity contribution is -0.300. The number of benzene rings is 1. The predicted octanol–water partition coefficient (Wildman–Crippen LogP) is 3.33. The van der Waals surface area contributed by atoms with Crippen LogP contribution < -0.4 is 5.32 Å². The number of pyridine rings is 1. The highest BCUT2D eigenvalue weighted by molar-refractivity contribution is 6.05. The molecule has 0 saturated heterocycles. The normalized spacial score (nSPS) is 10.9. The van der Waals surface area contributed by atoms with Crippen LogP contribution in [0.4, 0.5) is 5.69 Å². The summed E-state index contributed by atoms with van der Waals surface area (Å²) < 4.78 is 3.22. The van der Waals surface area contributed by atoms with Gasteiger partial charge in [0.05, 0.1) is 29.7 Å². The third kappa shape index (κ3) is 4.16. The first-order valence-corrected chi connectivity index (χ1v) is 9.65. The molecule has 1 N–H and O–H groups in total. The Morgan fingerprint density at radius 2 is 2.03 bits per heavy atom. The van der Waals surface area contributed by atoms with Gasteiger partial charge in [-0.05, 0) is 6.92 Å². The van der Waals surface area contributed by atoms with E-state index in [1.54, 1.807) is 36.8 Å². The van der Waals surface area contributed by atoms with Crippen LogP contribution in [-0.4, -0.2) is 31.7 Å². The average molecular weight is 416 g/mol. The molecule has 1 amide bonds. The Balaban J connectivity index is 1.65. The molecule has 0 aliphatic heterocycles. The number of nitriles is 1. The van der Waals surface area contributed by atoms with Crippen molar-refractivity contribution >= 4 is 17.2 Å². The number of imidazole rings is 1. The standard InChI is InChI=1S/C22H20N6O3/c1-3-30-31-14-17-11-24-27(2)21(17)22(29)26-18-9-20-25-19(15-7-5-4-6-8-15)13-28(20)12-16(18)10-23/h4-9,11-13H,3,14H2,1-2H3,(H,26,29). The maximum atomic E-state index is 13.0. The smallest absolute Gasteiger partial charge is 0.274 e. The zero-order chi connectivity index (χ0) is 21.8. The van der Waals surface area contributed by atoms with Gasteiger partial charge in [-0.1, -0.05) is 30.3 Å². The summed E-state index contributed by atoms with van der Waals surface area (Å²) >= 11 is 0. The van der Waals surface area contributed by atoms with E-state index in [4.69, 9.17) is 9.78 Å². The van der Waals surface area contributed by atoms with Crippen LogP contribution in [0.5, 0.6) is 0 Å². The molecular formula is C22H20N6O3. The molecule has 0 bridgehead atoms. The van der Waals surface area contributed by atoms with Crippen molar-refractivity contribution in [2.24, 2.45) is 7.05 Å². The van der Waals surface area contributed by atoms with E-state index in [9.17, 15) is 10.1 Å². The first-order chi connectivity index (χ1) is 15.1. The van der Waals surface area contributed by atoms with E-state index in [2.05, 4.69) is 21.5 Å². The molecule has 4 aromatic rings. The van der Waals surface area contributed by atoms with Crippen LogP contribution in [-0.2, 0) is 23.4 Å². The summed E-state index contributed by atoms with van der Waals surface area (Å²) in [4.78, 5) is 27.6. The number of aryl methyl sites for hydroxylation is 1. The van der Waals surface area contributed by atoms with Crippen LogP contribution in [0.2, 0.25) is 0 Å². The molecule has 3 heterocycles. The van der Waals surface area contributed by atoms with Crippen molar-refractivity contribution in [3.05, 3.63) is 71.8 Å². The molecule has 1 aromatic carbocycles. The monoisotopic (exact) mass is 416 g/mol. The van der Waals surface area contributed by atoms with Gasteiger partial charge in [-0.25, -0.2) is 14.8 Å². The largest absolute Gasteiger partial charge is 0.319 e. The third-order valence-corrected chi connectivity index (χ3v) is 4.68. The van der Waals surface area contributed by atoms with Gasteiger partial charge >= 0.3 is 0 Å². The van der Waals surface area contributed by atoms with Crippen molar-refractivity contribution in [2.45, 2.75) is 13.5 Å². The number of hydrogen-bond acceptors (Lipinski definition) is 6. The summed E-state index contributed by atoms with van der Waals surface area (Å²) in [6, 6.07) is 13.5. The van der Waals surface area contributed by atoms with E-state index >= 15 is 0 Å². The quantitative estimate of drug-likeness (QED) is 0.281. The number of nitrogens with zero attached hydrogens (tertiary/aromatic N) is 5. The van der Waals surface area contributed by atoms with Gasteiger partial charge in [-0.15, -0.1) is 0 Å². The minimum absolute atomic E-state index is 0.0786. The van der Waals surface area contributed by atoms with Gasteiger partial charge in [-0.2, -0.15) is 10.4 Å². The van der Waals surface area contributed by atoms with Crippen LogP contribution >= 0.6 is 0 Å². The number of nitrogens with one attached hydrogen (secondary N) is 1. The molecule has 4 rings (SSSR count). The highest BCUT2D eigenvalue weighted by Crippen LogP contribution is 2.24. The zero-order valence-electron chi connectivity index (χ0n) is 17.1. The molecule has 0 radical (unpaired) electrons. The van der Waals surface area contributed by atoms with Gasteiger partial charge in [-0.3, -0.25) is 9.48 Å². The van der Waals surface area contributed by atoms with Crippen molar-refractivity contribution in [1.29, 1.82) is 5.26 Å². The highest BCUT2D eigenvalue weighted by Gasteiger charge is 2.19. The van der Waals surface area contributed by atoms with Gasteiger partial charge in [0, 0.05) is 36.6 Å². The molecule has 9 nitrogen and oxygen atoms in total. The SMILES string of the molecule is CCOOCc1cnn(C)c1C(=O)Nc1cc2nc(-c3ccccc3)cn2cc1C#N. The summed E-state index contributed by atoms with van der Waals surface area (Å²) in [6.45, 7) is 2.27. The van der Waals surface area contributed by atoms with Crippen LogP contribution in [0.15, 0.2) is 55.0 Å². The number of fused-ring (bicyclic) bond motifs is 1. The summed E-state index contributed by atoms with van der Waals surface area (Å²) in [5.74, 6) is -0.411. The minimum Gasteiger partial charge on any atom is -0.319 e. The van der Waals surface area contributed by atoms with E-state index in [0.717, 1.165) is 11.3 Å². The molecule has 0 unspecified atom stereocenters. The van der Waals surface area contributed by atoms with Crippen LogP contribution in [0, 0.1) is 11.3 Å². The maximum Gasteiger partial charge on any atom is 0.274 e. The molecule has 0 aliphatic rings. The Morgan fingerprint density at radius 1 is 1.23 bits per heavy atom. The summed E-state index contributed by atoms with van der Waals surface area (Å²) in [7, 11) is 1.66. The number of rotatable bonds is 7. The van der Waals surface area contributed by atoms with E-state index in [1.165, 1.54) is 4.68 Å². The molecule has 0 atom stereocenters. The zero-order valence-corrected chi connectivity index (χ0v) is 17.1. The van der Waals surface area contributed by atoms with Gasteiger partial charge in [0.25, 0.3) is 5.91 Å². The Kier molecular flexibility index (Phi) is 5.75. The summed E-state index contributed by atoms with van der Waals surface area (Å²) in [5.41, 5.74) is 3.91. The fraction of sp³-hybridized carbons (Fsp3) is 0.182. The lowest BCUT2D eigenvalue weighted by atomic mass is 10.2. The van der Waals surface area contributed by atoms with Crippen molar-refractivity contribution < 1.29 is 14.6 Å². The fourth-order valence-electron chi connectivity index (χ4n) is 3.23. The van der Waals surface area contributed by atoms with Gasteiger partial charge < -0.3 is 9.72 Å². The molecule has 0 aliphatic carbocycles. The van der Waals surface area contributed by atoms with E-state index in [-0.39, 0.29) is 6.61 Å². The van der Waals surface area contributed by atoms with Crippen LogP contribution in [0.25, 0.3) is 16.9 Å². The third-order valence-electron chi connectivity index (χ3n) is 4.68. The molecule has 31 heavy (non-hydrogen) atoms. The molecule has 0 fully saturated rings. The first-order valence-electron chi connectivity index (χ1n) is 9.65. The molecule has 0 spiro atoms. The summed E-state index contributed by atoms with van der Waals surface area (Å²) in [5, 5.41) is 16.5. The minimum atomic E-state index is -0.411. The molecule has 3 aromatic heterocycles. The fourth-order valence-corrected chi connectivity index (χ4v) is 3.23. The Bertz CT molecular complexity index is 1270. The number of hydrogen-bond donors (Lipinski definition) is 1. The first kappa shape index (κ1) is 20.3. The maximum absolute atomic E-state index is 13.0. The Labute approximate surface area is 178 Å². The Hall–Kier alpha value is -4.00. The van der Waals surface area contributed by atoms with Crippen molar-refractivity contribution in [1.82, 2.24) is 19.2 Å². The van der Waals surface area contributed by atoms with Crippen molar-refractivity contribution in [3.8, 4) is 17.3 Å². The highest BCUT2D eigenvalue weighted by atomic mass is 17.2. The van der Waals surface area contributed by atoms with Gasteiger partial charge in [0.15, 0.2) is 0 Å². The summed E-state index contributed by atoms with van der Waals surface area (Å²) in [6.07, 6.45) is 5.04. The second kappa shape index (κ2) is 8.79. The van der Waals surface area contributed by atoms with Crippen LogP contribution in [0.3, 0.4) is 0 Å². The molecular weight excluding hydrogens is 396 g/mol. The molecule has 0 saturated carbocycles. The number of carbonyl (C=O) groups is 1. The van der Waals surface area contributed by atoms with Crippen molar-refractivity contribution in [3.63, 3.8) is 0 Å². The number of amides is 1. The number of anilines is 1. The number of aromatic nitrogens is 4.